The molecule has 0 radical (unpaired) electrons. The Kier molecular flexibility index (Phi) is 5.27. The molecule has 3 rings (SSSR count). The van der Waals surface area contributed by atoms with E-state index < -0.39 is 10.0 Å². The Morgan fingerprint density at radius 3 is 2.48 bits per heavy atom. The van der Waals surface area contributed by atoms with Crippen LogP contribution < -0.4 is 5.32 Å². The van der Waals surface area contributed by atoms with Crippen LogP contribution in [-0.2, 0) is 21.2 Å². The van der Waals surface area contributed by atoms with Crippen LogP contribution in [0.25, 0.3) is 0 Å². The third-order valence-electron chi connectivity index (χ3n) is 4.97. The number of nitrogens with zero attached hydrogens (tertiary/aromatic N) is 2. The molecule has 7 nitrogen and oxygen atoms in total. The molecule has 0 aromatic heterocycles. The Bertz CT molecular complexity index is 727. The SMILES string of the molecule is N=C1N(C2CCCC2)CCN1S(=O)(=O)c1ccc(CCNC=O)cc1. The second-order valence-electron chi connectivity index (χ2n) is 6.50. The normalized spacial score (nSPS) is 18.8. The molecular weight excluding hydrogens is 340 g/mol. The maximum Gasteiger partial charge on any atom is 0.266 e. The third-order valence-corrected chi connectivity index (χ3v) is 6.77. The number of hydrogen-bond donors (Lipinski definition) is 2. The lowest BCUT2D eigenvalue weighted by molar-refractivity contribution is -0.109. The van der Waals surface area contributed by atoms with Crippen LogP contribution in [0.15, 0.2) is 29.2 Å². The Balaban J connectivity index is 1.70. The molecule has 1 saturated carbocycles. The predicted octanol–water partition coefficient (Wildman–Crippen LogP) is 1.16. The van der Waals surface area contributed by atoms with Gasteiger partial charge in [0.1, 0.15) is 0 Å². The van der Waals surface area contributed by atoms with Crippen molar-refractivity contribution >= 4 is 22.4 Å². The summed E-state index contributed by atoms with van der Waals surface area (Å²) in [5, 5.41) is 10.9. The van der Waals surface area contributed by atoms with Gasteiger partial charge in [0.2, 0.25) is 12.4 Å². The van der Waals surface area contributed by atoms with E-state index in [1.165, 1.54) is 4.31 Å². The molecule has 0 bridgehead atoms. The van der Waals surface area contributed by atoms with Gasteiger partial charge in [0.25, 0.3) is 10.0 Å². The number of sulfonamides is 1. The van der Waals surface area contributed by atoms with Gasteiger partial charge in [0.15, 0.2) is 0 Å². The number of nitrogens with one attached hydrogen (secondary N) is 2. The number of guanidine groups is 1. The van der Waals surface area contributed by atoms with E-state index in [4.69, 9.17) is 5.41 Å². The third kappa shape index (κ3) is 3.63. The van der Waals surface area contributed by atoms with Crippen molar-refractivity contribution in [2.75, 3.05) is 19.6 Å². The fraction of sp³-hybridized carbons (Fsp3) is 0.529. The molecule has 2 aliphatic rings. The van der Waals surface area contributed by atoms with Crippen molar-refractivity contribution in [1.29, 1.82) is 5.41 Å². The van der Waals surface area contributed by atoms with E-state index in [1.807, 2.05) is 4.90 Å². The molecule has 1 saturated heterocycles. The minimum absolute atomic E-state index is 0.103. The molecule has 0 atom stereocenters. The molecule has 1 aromatic rings. The Labute approximate surface area is 148 Å². The van der Waals surface area contributed by atoms with E-state index in [1.54, 1.807) is 24.3 Å². The first kappa shape index (κ1) is 17.7. The van der Waals surface area contributed by atoms with E-state index in [0.717, 1.165) is 31.2 Å². The van der Waals surface area contributed by atoms with E-state index >= 15 is 0 Å². The summed E-state index contributed by atoms with van der Waals surface area (Å²) in [5.41, 5.74) is 0.956. The quantitative estimate of drug-likeness (QED) is 0.561. The van der Waals surface area contributed by atoms with Gasteiger partial charge < -0.3 is 10.2 Å². The summed E-state index contributed by atoms with van der Waals surface area (Å²) in [4.78, 5) is 12.4. The van der Waals surface area contributed by atoms with Crippen molar-refractivity contribution < 1.29 is 13.2 Å². The van der Waals surface area contributed by atoms with E-state index in [-0.39, 0.29) is 10.9 Å². The first-order valence-corrected chi connectivity index (χ1v) is 10.1. The molecular formula is C17H24N4O3S. The molecule has 25 heavy (non-hydrogen) atoms. The molecule has 1 aromatic carbocycles. The summed E-state index contributed by atoms with van der Waals surface area (Å²) < 4.78 is 27.0. The van der Waals surface area contributed by atoms with Crippen LogP contribution in [0.1, 0.15) is 31.2 Å². The highest BCUT2D eigenvalue weighted by Gasteiger charge is 2.38. The predicted molar refractivity (Wildman–Crippen MR) is 94.8 cm³/mol. The molecule has 0 spiro atoms. The van der Waals surface area contributed by atoms with Crippen LogP contribution in [0.4, 0.5) is 0 Å². The van der Waals surface area contributed by atoms with Gasteiger partial charge in [-0.1, -0.05) is 25.0 Å². The van der Waals surface area contributed by atoms with Crippen molar-refractivity contribution in [2.24, 2.45) is 0 Å². The average Bonchev–Trinajstić information content (AvgIpc) is 3.25. The van der Waals surface area contributed by atoms with Crippen molar-refractivity contribution in [3.8, 4) is 0 Å². The number of rotatable bonds is 7. The maximum absolute atomic E-state index is 12.9. The lowest BCUT2D eigenvalue weighted by Crippen LogP contribution is -2.40. The Morgan fingerprint density at radius 2 is 1.84 bits per heavy atom. The molecule has 1 aliphatic carbocycles. The molecule has 1 amide bonds. The monoisotopic (exact) mass is 364 g/mol. The fourth-order valence-electron chi connectivity index (χ4n) is 3.59. The van der Waals surface area contributed by atoms with E-state index in [0.29, 0.717) is 38.5 Å². The minimum Gasteiger partial charge on any atom is -0.358 e. The molecule has 2 N–H and O–H groups in total. The Hall–Kier alpha value is -2.09. The van der Waals surface area contributed by atoms with Gasteiger partial charge in [-0.15, -0.1) is 0 Å². The van der Waals surface area contributed by atoms with Crippen molar-refractivity contribution in [3.63, 3.8) is 0 Å². The number of amides is 1. The fourth-order valence-corrected chi connectivity index (χ4v) is 4.98. The summed E-state index contributed by atoms with van der Waals surface area (Å²) in [6.07, 6.45) is 5.69. The number of benzene rings is 1. The van der Waals surface area contributed by atoms with Gasteiger partial charge in [-0.05, 0) is 37.0 Å². The lowest BCUT2D eigenvalue weighted by Gasteiger charge is -2.26. The maximum atomic E-state index is 12.9. The smallest absolute Gasteiger partial charge is 0.266 e. The van der Waals surface area contributed by atoms with Crippen molar-refractivity contribution in [1.82, 2.24) is 14.5 Å². The molecule has 0 unspecified atom stereocenters. The zero-order valence-electron chi connectivity index (χ0n) is 14.1. The van der Waals surface area contributed by atoms with Crippen molar-refractivity contribution in [2.45, 2.75) is 43.0 Å². The van der Waals surface area contributed by atoms with Crippen LogP contribution in [0, 0.1) is 5.41 Å². The number of carbonyl (C=O) groups is 1. The van der Waals surface area contributed by atoms with Crippen LogP contribution in [0.2, 0.25) is 0 Å². The van der Waals surface area contributed by atoms with E-state index in [2.05, 4.69) is 5.32 Å². The second-order valence-corrected chi connectivity index (χ2v) is 8.36. The standard InChI is InChI=1S/C17H24N4O3S/c18-17-20(15-3-1-2-4-15)11-12-21(17)25(23,24)16-7-5-14(6-8-16)9-10-19-13-22/h5-8,13,15,18H,1-4,9-12H2,(H,19,22). The first-order valence-electron chi connectivity index (χ1n) is 8.68. The highest BCUT2D eigenvalue weighted by atomic mass is 32.2. The van der Waals surface area contributed by atoms with Crippen LogP contribution >= 0.6 is 0 Å². The summed E-state index contributed by atoms with van der Waals surface area (Å²) in [5.74, 6) is 0.103. The van der Waals surface area contributed by atoms with Crippen LogP contribution in [0.3, 0.4) is 0 Å². The molecule has 1 aliphatic heterocycles. The molecule has 136 valence electrons. The minimum atomic E-state index is -3.70. The molecule has 8 heteroatoms. The summed E-state index contributed by atoms with van der Waals surface area (Å²) >= 11 is 0. The van der Waals surface area contributed by atoms with Gasteiger partial charge in [-0.25, -0.2) is 12.7 Å². The van der Waals surface area contributed by atoms with Gasteiger partial charge in [0, 0.05) is 19.1 Å². The van der Waals surface area contributed by atoms with Gasteiger partial charge in [-0.2, -0.15) is 0 Å². The van der Waals surface area contributed by atoms with E-state index in [9.17, 15) is 13.2 Å². The van der Waals surface area contributed by atoms with Crippen molar-refractivity contribution in [3.05, 3.63) is 29.8 Å². The van der Waals surface area contributed by atoms with Gasteiger partial charge in [-0.3, -0.25) is 10.2 Å². The zero-order valence-corrected chi connectivity index (χ0v) is 15.0. The topological polar surface area (TPSA) is 93.6 Å². The largest absolute Gasteiger partial charge is 0.358 e. The summed E-state index contributed by atoms with van der Waals surface area (Å²) in [7, 11) is -3.70. The molecule has 1 heterocycles. The Morgan fingerprint density at radius 1 is 1.16 bits per heavy atom. The summed E-state index contributed by atoms with van der Waals surface area (Å²) in [6.45, 7) is 1.45. The average molecular weight is 364 g/mol. The second kappa shape index (κ2) is 7.43. The highest BCUT2D eigenvalue weighted by Crippen LogP contribution is 2.28. The van der Waals surface area contributed by atoms with Gasteiger partial charge >= 0.3 is 0 Å². The highest BCUT2D eigenvalue weighted by molar-refractivity contribution is 7.89. The van der Waals surface area contributed by atoms with Gasteiger partial charge in [0.05, 0.1) is 11.4 Å². The molecule has 2 fully saturated rings. The summed E-state index contributed by atoms with van der Waals surface area (Å²) in [6, 6.07) is 6.98. The number of carbonyl (C=O) groups excluding carboxylic acids is 1. The first-order chi connectivity index (χ1) is 12.0. The number of hydrogen-bond acceptors (Lipinski definition) is 4. The lowest BCUT2D eigenvalue weighted by atomic mass is 10.1. The zero-order chi connectivity index (χ0) is 17.9. The van der Waals surface area contributed by atoms with Crippen LogP contribution in [0.5, 0.6) is 0 Å². The van der Waals surface area contributed by atoms with Crippen LogP contribution in [-0.4, -0.2) is 55.7 Å².